The zero-order chi connectivity index (χ0) is 12.1. The molecule has 0 spiro atoms. The van der Waals surface area contributed by atoms with Crippen LogP contribution in [-0.2, 0) is 4.79 Å². The fraction of sp³-hybridized carbons (Fsp3) is 0.333. The Balaban J connectivity index is 3.02. The highest BCUT2D eigenvalue weighted by Crippen LogP contribution is 2.16. The topological polar surface area (TPSA) is 44.7 Å². The average Bonchev–Trinajstić information content (AvgIpc) is 2.28. The lowest BCUT2D eigenvalue weighted by Crippen LogP contribution is -2.27. The number of hydrogen-bond acceptors (Lipinski definition) is 3. The normalized spacial score (nSPS) is 17.9. The van der Waals surface area contributed by atoms with Crippen LogP contribution in [0.3, 0.4) is 0 Å². The lowest BCUT2D eigenvalue weighted by Gasteiger charge is -2.22. The molecular formula is C12H17N3O. The van der Waals surface area contributed by atoms with Crippen molar-refractivity contribution >= 4 is 12.1 Å². The van der Waals surface area contributed by atoms with Crippen LogP contribution in [0.5, 0.6) is 0 Å². The Kier molecular flexibility index (Phi) is 4.05. The van der Waals surface area contributed by atoms with E-state index in [0.29, 0.717) is 12.1 Å². The molecule has 4 nitrogen and oxygen atoms in total. The minimum atomic E-state index is -0.0799. The van der Waals surface area contributed by atoms with Crippen molar-refractivity contribution in [2.45, 2.75) is 20.8 Å². The predicted octanol–water partition coefficient (Wildman–Crippen LogP) is 1.79. The first-order chi connectivity index (χ1) is 7.60. The van der Waals surface area contributed by atoms with Crippen LogP contribution in [0.4, 0.5) is 0 Å². The molecule has 1 aliphatic rings. The highest BCUT2D eigenvalue weighted by molar-refractivity contribution is 5.99. The van der Waals surface area contributed by atoms with Crippen molar-refractivity contribution in [2.75, 3.05) is 6.54 Å². The van der Waals surface area contributed by atoms with Crippen LogP contribution in [-0.4, -0.2) is 23.6 Å². The minimum Gasteiger partial charge on any atom is -0.353 e. The molecule has 0 aromatic rings. The van der Waals surface area contributed by atoms with Crippen LogP contribution in [0.2, 0.25) is 0 Å². The highest BCUT2D eigenvalue weighted by Gasteiger charge is 2.14. The van der Waals surface area contributed by atoms with Crippen molar-refractivity contribution in [3.8, 4) is 0 Å². The van der Waals surface area contributed by atoms with Gasteiger partial charge in [0, 0.05) is 24.5 Å². The predicted molar refractivity (Wildman–Crippen MR) is 65.7 cm³/mol. The Morgan fingerprint density at radius 1 is 1.69 bits per heavy atom. The molecule has 0 radical (unpaired) electrons. The van der Waals surface area contributed by atoms with Crippen LogP contribution >= 0.6 is 0 Å². The molecule has 86 valence electrons. The van der Waals surface area contributed by atoms with Gasteiger partial charge in [0.05, 0.1) is 17.6 Å². The Labute approximate surface area is 96.0 Å². The Morgan fingerprint density at radius 2 is 2.38 bits per heavy atom. The zero-order valence-corrected chi connectivity index (χ0v) is 9.95. The number of nitrogens with zero attached hydrogens (tertiary/aromatic N) is 2. The van der Waals surface area contributed by atoms with Crippen LogP contribution < -0.4 is 5.32 Å². The fourth-order valence-corrected chi connectivity index (χ4v) is 1.38. The first-order valence-corrected chi connectivity index (χ1v) is 5.22. The van der Waals surface area contributed by atoms with Gasteiger partial charge in [0.1, 0.15) is 0 Å². The summed E-state index contributed by atoms with van der Waals surface area (Å²) in [6.45, 7) is 9.88. The molecular weight excluding hydrogens is 202 g/mol. The van der Waals surface area contributed by atoms with E-state index in [0.717, 1.165) is 11.4 Å². The molecule has 16 heavy (non-hydrogen) atoms. The molecule has 0 aliphatic carbocycles. The van der Waals surface area contributed by atoms with Gasteiger partial charge in [-0.05, 0) is 20.8 Å². The number of likely N-dealkylation sites (N-methyl/N-ethyl adjacent to an activating group) is 1. The Bertz CT molecular complexity index is 391. The summed E-state index contributed by atoms with van der Waals surface area (Å²) in [4.78, 5) is 17.7. The summed E-state index contributed by atoms with van der Waals surface area (Å²) in [6, 6.07) is 0. The molecule has 0 saturated carbocycles. The Morgan fingerprint density at radius 3 is 2.94 bits per heavy atom. The lowest BCUT2D eigenvalue weighted by atomic mass is 10.2. The second-order valence-electron chi connectivity index (χ2n) is 3.49. The molecule has 0 fully saturated rings. The molecule has 1 amide bonds. The van der Waals surface area contributed by atoms with Crippen LogP contribution in [0, 0.1) is 0 Å². The molecule has 0 bridgehead atoms. The maximum atomic E-state index is 11.7. The van der Waals surface area contributed by atoms with E-state index in [1.165, 1.54) is 0 Å². The number of carbonyl (C=O) groups excluding carboxylic acids is 1. The highest BCUT2D eigenvalue weighted by atomic mass is 16.1. The van der Waals surface area contributed by atoms with E-state index >= 15 is 0 Å². The molecule has 1 aliphatic heterocycles. The maximum absolute atomic E-state index is 11.7. The number of carbonyl (C=O) groups is 1. The number of allylic oxidation sites excluding steroid dienone is 2. The molecule has 1 rings (SSSR count). The standard InChI is InChI=1S/C12H17N3O/c1-5-13-12(16)10(4)11-7-14-9(3)8-15(11)6-2/h6-8H,2,5H2,1,3-4H3,(H,13,16)/b11-10+. The molecule has 0 aromatic carbocycles. The number of nitrogens with one attached hydrogen (secondary N) is 1. The number of aliphatic imine (C=N–C) groups is 1. The van der Waals surface area contributed by atoms with E-state index in [1.807, 2.05) is 20.0 Å². The monoisotopic (exact) mass is 219 g/mol. The van der Waals surface area contributed by atoms with Crippen molar-refractivity contribution in [2.24, 2.45) is 4.99 Å². The van der Waals surface area contributed by atoms with Crippen LogP contribution in [0.15, 0.2) is 40.9 Å². The van der Waals surface area contributed by atoms with E-state index in [2.05, 4.69) is 16.9 Å². The van der Waals surface area contributed by atoms with E-state index < -0.39 is 0 Å². The number of amides is 1. The van der Waals surface area contributed by atoms with Crippen molar-refractivity contribution in [3.05, 3.63) is 35.9 Å². The van der Waals surface area contributed by atoms with Gasteiger partial charge in [0.2, 0.25) is 5.91 Å². The number of rotatable bonds is 3. The first kappa shape index (κ1) is 12.2. The SMILES string of the molecule is C=CN1C=C(C)N=C/C1=C(/C)C(=O)NCC. The third kappa shape index (κ3) is 2.59. The van der Waals surface area contributed by atoms with Gasteiger partial charge in [-0.15, -0.1) is 0 Å². The van der Waals surface area contributed by atoms with Gasteiger partial charge < -0.3 is 10.2 Å². The minimum absolute atomic E-state index is 0.0799. The fourth-order valence-electron chi connectivity index (χ4n) is 1.38. The first-order valence-electron chi connectivity index (χ1n) is 5.22. The van der Waals surface area contributed by atoms with Crippen molar-refractivity contribution in [1.82, 2.24) is 10.2 Å². The van der Waals surface area contributed by atoms with E-state index in [1.54, 1.807) is 24.2 Å². The lowest BCUT2D eigenvalue weighted by molar-refractivity contribution is -0.117. The molecule has 0 saturated heterocycles. The van der Waals surface area contributed by atoms with Crippen molar-refractivity contribution in [3.63, 3.8) is 0 Å². The second kappa shape index (κ2) is 5.30. The van der Waals surface area contributed by atoms with Crippen molar-refractivity contribution in [1.29, 1.82) is 0 Å². The van der Waals surface area contributed by atoms with Crippen LogP contribution in [0.25, 0.3) is 0 Å². The quantitative estimate of drug-likeness (QED) is 0.735. The third-order valence-electron chi connectivity index (χ3n) is 2.25. The molecule has 4 heteroatoms. The smallest absolute Gasteiger partial charge is 0.249 e. The van der Waals surface area contributed by atoms with Gasteiger partial charge in [-0.1, -0.05) is 6.58 Å². The molecule has 1 heterocycles. The van der Waals surface area contributed by atoms with Gasteiger partial charge in [-0.2, -0.15) is 0 Å². The summed E-state index contributed by atoms with van der Waals surface area (Å²) < 4.78 is 0. The summed E-state index contributed by atoms with van der Waals surface area (Å²) in [7, 11) is 0. The summed E-state index contributed by atoms with van der Waals surface area (Å²) in [5.74, 6) is -0.0799. The average molecular weight is 219 g/mol. The zero-order valence-electron chi connectivity index (χ0n) is 9.95. The maximum Gasteiger partial charge on any atom is 0.249 e. The van der Waals surface area contributed by atoms with Gasteiger partial charge >= 0.3 is 0 Å². The Hall–Kier alpha value is -1.84. The van der Waals surface area contributed by atoms with Crippen molar-refractivity contribution < 1.29 is 4.79 Å². The summed E-state index contributed by atoms with van der Waals surface area (Å²) >= 11 is 0. The van der Waals surface area contributed by atoms with E-state index in [-0.39, 0.29) is 5.91 Å². The third-order valence-corrected chi connectivity index (χ3v) is 2.25. The molecule has 0 aromatic heterocycles. The van der Waals surface area contributed by atoms with Gasteiger partial charge in [0.25, 0.3) is 0 Å². The molecule has 1 N–H and O–H groups in total. The molecule has 0 atom stereocenters. The summed E-state index contributed by atoms with van der Waals surface area (Å²) in [5.41, 5.74) is 2.27. The second-order valence-corrected chi connectivity index (χ2v) is 3.49. The largest absolute Gasteiger partial charge is 0.353 e. The molecule has 0 unspecified atom stereocenters. The van der Waals surface area contributed by atoms with E-state index in [4.69, 9.17) is 0 Å². The number of hydrogen-bond donors (Lipinski definition) is 1. The van der Waals surface area contributed by atoms with Crippen LogP contribution in [0.1, 0.15) is 20.8 Å². The summed E-state index contributed by atoms with van der Waals surface area (Å²) in [6.07, 6.45) is 5.18. The van der Waals surface area contributed by atoms with Gasteiger partial charge in [-0.25, -0.2) is 0 Å². The van der Waals surface area contributed by atoms with Gasteiger partial charge in [-0.3, -0.25) is 9.79 Å². The van der Waals surface area contributed by atoms with Gasteiger partial charge in [0.15, 0.2) is 0 Å². The summed E-state index contributed by atoms with van der Waals surface area (Å²) in [5, 5.41) is 2.76. The van der Waals surface area contributed by atoms with E-state index in [9.17, 15) is 4.79 Å².